The number of halogens is 1. The molecule has 0 spiro atoms. The molecule has 1 unspecified atom stereocenters. The normalized spacial score (nSPS) is 16.9. The lowest BCUT2D eigenvalue weighted by Gasteiger charge is -2.35. The summed E-state index contributed by atoms with van der Waals surface area (Å²) < 4.78 is 42.8. The van der Waals surface area contributed by atoms with E-state index in [0.29, 0.717) is 31.7 Å². The lowest BCUT2D eigenvalue weighted by Crippen LogP contribution is -2.48. The fraction of sp³-hybridized carbons (Fsp3) is 0.318. The van der Waals surface area contributed by atoms with E-state index >= 15 is 0 Å². The van der Waals surface area contributed by atoms with Crippen molar-refractivity contribution < 1.29 is 17.6 Å². The van der Waals surface area contributed by atoms with Gasteiger partial charge in [0.25, 0.3) is 5.91 Å². The summed E-state index contributed by atoms with van der Waals surface area (Å²) in [6, 6.07) is 10.4. The highest BCUT2D eigenvalue weighted by Gasteiger charge is 2.27. The van der Waals surface area contributed by atoms with Crippen LogP contribution in [0, 0.1) is 12.7 Å². The second-order valence-corrected chi connectivity index (χ2v) is 9.10. The van der Waals surface area contributed by atoms with Gasteiger partial charge in [-0.3, -0.25) is 4.79 Å². The van der Waals surface area contributed by atoms with Crippen molar-refractivity contribution in [3.05, 3.63) is 72.1 Å². The van der Waals surface area contributed by atoms with E-state index in [9.17, 15) is 17.6 Å². The highest BCUT2D eigenvalue weighted by molar-refractivity contribution is 7.89. The zero-order valence-electron chi connectivity index (χ0n) is 16.9. The SMILES string of the molecule is C=CCNC(=O)c1cccc(S(=O)(=O)NC2CCCN(c3cc(C)ccc3F)C2)c1. The van der Waals surface area contributed by atoms with Crippen molar-refractivity contribution in [1.82, 2.24) is 10.0 Å². The standard InChI is InChI=1S/C22H26FN3O3S/c1-3-11-24-22(27)17-6-4-8-19(14-17)30(28,29)25-18-7-5-12-26(15-18)21-13-16(2)9-10-20(21)23/h3-4,6,8-10,13-14,18,25H,1,5,7,11-12,15H2,2H3,(H,24,27). The second kappa shape index (κ2) is 9.40. The highest BCUT2D eigenvalue weighted by Crippen LogP contribution is 2.25. The molecule has 0 bridgehead atoms. The van der Waals surface area contributed by atoms with Crippen LogP contribution in [0.25, 0.3) is 0 Å². The van der Waals surface area contributed by atoms with Gasteiger partial charge in [0.05, 0.1) is 10.6 Å². The minimum atomic E-state index is -3.83. The monoisotopic (exact) mass is 431 g/mol. The lowest BCUT2D eigenvalue weighted by molar-refractivity contribution is 0.0958. The van der Waals surface area contributed by atoms with Crippen molar-refractivity contribution in [3.63, 3.8) is 0 Å². The van der Waals surface area contributed by atoms with E-state index in [-0.39, 0.29) is 28.2 Å². The Labute approximate surface area is 176 Å². The number of piperidine rings is 1. The molecule has 1 atom stereocenters. The quantitative estimate of drug-likeness (QED) is 0.661. The summed E-state index contributed by atoms with van der Waals surface area (Å²) in [5, 5.41) is 2.63. The van der Waals surface area contributed by atoms with Gasteiger partial charge in [0.1, 0.15) is 5.82 Å². The first-order valence-electron chi connectivity index (χ1n) is 9.83. The zero-order valence-corrected chi connectivity index (χ0v) is 17.7. The van der Waals surface area contributed by atoms with E-state index in [0.717, 1.165) is 12.0 Å². The predicted molar refractivity (Wildman–Crippen MR) is 116 cm³/mol. The number of rotatable bonds is 7. The van der Waals surface area contributed by atoms with Crippen LogP contribution in [0.5, 0.6) is 0 Å². The van der Waals surface area contributed by atoms with Crippen LogP contribution in [0.2, 0.25) is 0 Å². The molecule has 2 aromatic carbocycles. The van der Waals surface area contributed by atoms with Crippen molar-refractivity contribution in [2.75, 3.05) is 24.5 Å². The molecule has 1 saturated heterocycles. The summed E-state index contributed by atoms with van der Waals surface area (Å²) in [4.78, 5) is 14.0. The van der Waals surface area contributed by atoms with E-state index in [1.165, 1.54) is 24.3 Å². The van der Waals surface area contributed by atoms with Gasteiger partial charge in [-0.2, -0.15) is 0 Å². The average Bonchev–Trinajstić information content (AvgIpc) is 2.73. The van der Waals surface area contributed by atoms with Gasteiger partial charge in [0, 0.05) is 31.2 Å². The molecule has 3 rings (SSSR count). The van der Waals surface area contributed by atoms with Crippen LogP contribution < -0.4 is 14.9 Å². The predicted octanol–water partition coefficient (Wildman–Crippen LogP) is 3.00. The molecule has 0 aliphatic carbocycles. The Balaban J connectivity index is 1.74. The number of amides is 1. The van der Waals surface area contributed by atoms with Crippen LogP contribution >= 0.6 is 0 Å². The third-order valence-corrected chi connectivity index (χ3v) is 6.52. The van der Waals surface area contributed by atoms with E-state index < -0.39 is 10.0 Å². The van der Waals surface area contributed by atoms with Crippen LogP contribution in [-0.4, -0.2) is 40.0 Å². The van der Waals surface area contributed by atoms with Crippen LogP contribution in [0.15, 0.2) is 60.0 Å². The van der Waals surface area contributed by atoms with Crippen molar-refractivity contribution in [2.45, 2.75) is 30.7 Å². The third-order valence-electron chi connectivity index (χ3n) is 5.00. The number of carbonyl (C=O) groups is 1. The van der Waals surface area contributed by atoms with Gasteiger partial charge < -0.3 is 10.2 Å². The van der Waals surface area contributed by atoms with Crippen LogP contribution in [0.4, 0.5) is 10.1 Å². The van der Waals surface area contributed by atoms with Crippen LogP contribution in [0.3, 0.4) is 0 Å². The number of carbonyl (C=O) groups excluding carboxylic acids is 1. The summed E-state index contributed by atoms with van der Waals surface area (Å²) in [6.07, 6.45) is 2.94. The van der Waals surface area contributed by atoms with Crippen molar-refractivity contribution in [1.29, 1.82) is 0 Å². The first-order valence-corrected chi connectivity index (χ1v) is 11.3. The number of aryl methyl sites for hydroxylation is 1. The molecule has 6 nitrogen and oxygen atoms in total. The smallest absolute Gasteiger partial charge is 0.251 e. The van der Waals surface area contributed by atoms with Gasteiger partial charge in [0.15, 0.2) is 0 Å². The number of hydrogen-bond acceptors (Lipinski definition) is 4. The van der Waals surface area contributed by atoms with Gasteiger partial charge in [-0.1, -0.05) is 18.2 Å². The first-order chi connectivity index (χ1) is 14.3. The second-order valence-electron chi connectivity index (χ2n) is 7.39. The number of benzene rings is 2. The molecule has 1 fully saturated rings. The average molecular weight is 432 g/mol. The first kappa shape index (κ1) is 22.0. The highest BCUT2D eigenvalue weighted by atomic mass is 32.2. The number of hydrogen-bond donors (Lipinski definition) is 2. The van der Waals surface area contributed by atoms with Crippen molar-refractivity contribution >= 4 is 21.6 Å². The third kappa shape index (κ3) is 5.25. The molecule has 30 heavy (non-hydrogen) atoms. The maximum Gasteiger partial charge on any atom is 0.251 e. The Morgan fingerprint density at radius 1 is 1.30 bits per heavy atom. The molecule has 160 valence electrons. The summed E-state index contributed by atoms with van der Waals surface area (Å²) in [5.74, 6) is -0.687. The van der Waals surface area contributed by atoms with Crippen LogP contribution in [-0.2, 0) is 10.0 Å². The van der Waals surface area contributed by atoms with E-state index in [4.69, 9.17) is 0 Å². The zero-order chi connectivity index (χ0) is 21.7. The molecule has 0 aromatic heterocycles. The topological polar surface area (TPSA) is 78.5 Å². The molecule has 2 N–H and O–H groups in total. The number of sulfonamides is 1. The largest absolute Gasteiger partial charge is 0.368 e. The molecule has 1 heterocycles. The number of anilines is 1. The molecular formula is C22H26FN3O3S. The summed E-state index contributed by atoms with van der Waals surface area (Å²) in [6.45, 7) is 6.76. The van der Waals surface area contributed by atoms with E-state index in [1.807, 2.05) is 11.8 Å². The summed E-state index contributed by atoms with van der Waals surface area (Å²) in [7, 11) is -3.83. The molecule has 8 heteroatoms. The molecule has 1 aliphatic rings. The van der Waals surface area contributed by atoms with Gasteiger partial charge in [-0.05, 0) is 55.7 Å². The maximum atomic E-state index is 14.3. The maximum absolute atomic E-state index is 14.3. The minimum absolute atomic E-state index is 0.0209. The van der Waals surface area contributed by atoms with Crippen molar-refractivity contribution in [3.8, 4) is 0 Å². The van der Waals surface area contributed by atoms with E-state index in [2.05, 4.69) is 16.6 Å². The van der Waals surface area contributed by atoms with Gasteiger partial charge in [-0.15, -0.1) is 6.58 Å². The van der Waals surface area contributed by atoms with Gasteiger partial charge in [-0.25, -0.2) is 17.5 Å². The number of nitrogens with one attached hydrogen (secondary N) is 2. The Kier molecular flexibility index (Phi) is 6.89. The molecule has 1 aliphatic heterocycles. The van der Waals surface area contributed by atoms with Gasteiger partial charge in [0.2, 0.25) is 10.0 Å². The Morgan fingerprint density at radius 2 is 2.10 bits per heavy atom. The van der Waals surface area contributed by atoms with Crippen LogP contribution in [0.1, 0.15) is 28.8 Å². The molecule has 1 amide bonds. The van der Waals surface area contributed by atoms with Crippen molar-refractivity contribution in [2.24, 2.45) is 0 Å². The van der Waals surface area contributed by atoms with Gasteiger partial charge >= 0.3 is 0 Å². The van der Waals surface area contributed by atoms with E-state index in [1.54, 1.807) is 24.3 Å². The molecule has 2 aromatic rings. The lowest BCUT2D eigenvalue weighted by atomic mass is 10.1. The Morgan fingerprint density at radius 3 is 2.87 bits per heavy atom. The summed E-state index contributed by atoms with van der Waals surface area (Å²) in [5.41, 5.74) is 1.69. The molecule has 0 radical (unpaired) electrons. The Bertz CT molecular complexity index is 1040. The number of nitrogens with zero attached hydrogens (tertiary/aromatic N) is 1. The minimum Gasteiger partial charge on any atom is -0.368 e. The Hall–Kier alpha value is -2.71. The fourth-order valence-electron chi connectivity index (χ4n) is 3.52. The fourth-order valence-corrected chi connectivity index (χ4v) is 4.82. The molecular weight excluding hydrogens is 405 g/mol. The molecule has 0 saturated carbocycles. The summed E-state index contributed by atoms with van der Waals surface area (Å²) >= 11 is 0.